The van der Waals surface area contributed by atoms with E-state index in [4.69, 9.17) is 9.47 Å². The van der Waals surface area contributed by atoms with Crippen LogP contribution in [0.25, 0.3) is 0 Å². The van der Waals surface area contributed by atoms with E-state index >= 15 is 0 Å². The Morgan fingerprint density at radius 2 is 0.870 bits per heavy atom. The summed E-state index contributed by atoms with van der Waals surface area (Å²) in [4.78, 5) is 24.2. The number of unbranched alkanes of at least 4 members (excludes halogenated alkanes) is 9. The van der Waals surface area contributed by atoms with Crippen LogP contribution in [-0.2, 0) is 19.1 Å². The molecule has 1 unspecified atom stereocenters. The molecular weight excluding hydrogens is 572 g/mol. The van der Waals surface area contributed by atoms with E-state index in [0.29, 0.717) is 12.8 Å². The van der Waals surface area contributed by atoms with Crippen LogP contribution in [0, 0.1) is 0 Å². The van der Waals surface area contributed by atoms with E-state index in [-0.39, 0.29) is 25.2 Å². The van der Waals surface area contributed by atoms with Crippen LogP contribution in [0.1, 0.15) is 142 Å². The molecule has 0 aromatic carbocycles. The van der Waals surface area contributed by atoms with E-state index in [0.717, 1.165) is 96.3 Å². The molecule has 0 heterocycles. The lowest BCUT2D eigenvalue weighted by molar-refractivity contribution is -0.161. The fourth-order valence-corrected chi connectivity index (χ4v) is 4.50. The van der Waals surface area contributed by atoms with Crippen molar-refractivity contribution in [2.75, 3.05) is 13.2 Å². The zero-order valence-corrected chi connectivity index (χ0v) is 29.3. The Hall–Kier alpha value is -2.92. The van der Waals surface area contributed by atoms with E-state index in [9.17, 15) is 14.7 Å². The largest absolute Gasteiger partial charge is 0.462 e. The summed E-state index contributed by atoms with van der Waals surface area (Å²) in [6, 6.07) is 0. The van der Waals surface area contributed by atoms with Gasteiger partial charge in [0.25, 0.3) is 0 Å². The van der Waals surface area contributed by atoms with Gasteiger partial charge in [-0.1, -0.05) is 131 Å². The van der Waals surface area contributed by atoms with E-state index < -0.39 is 6.10 Å². The number of allylic oxidation sites excluding steroid dienone is 14. The average Bonchev–Trinajstić information content (AvgIpc) is 3.06. The molecule has 0 aliphatic heterocycles. The number of hydrogen-bond acceptors (Lipinski definition) is 5. The molecule has 1 N–H and O–H groups in total. The maximum atomic E-state index is 12.1. The molecule has 0 aliphatic carbocycles. The van der Waals surface area contributed by atoms with Gasteiger partial charge in [-0.25, -0.2) is 0 Å². The monoisotopic (exact) mass is 638 g/mol. The number of aliphatic hydroxyl groups excluding tert-OH is 1. The van der Waals surface area contributed by atoms with Crippen molar-refractivity contribution in [3.8, 4) is 0 Å². The molecule has 0 aromatic heterocycles. The van der Waals surface area contributed by atoms with Gasteiger partial charge in [0.15, 0.2) is 6.10 Å². The van der Waals surface area contributed by atoms with Crippen molar-refractivity contribution in [2.24, 2.45) is 0 Å². The van der Waals surface area contributed by atoms with Crippen molar-refractivity contribution < 1.29 is 24.2 Å². The van der Waals surface area contributed by atoms with E-state index in [1.165, 1.54) is 19.3 Å². The van der Waals surface area contributed by atoms with Gasteiger partial charge in [0.05, 0.1) is 6.61 Å². The number of aliphatic hydroxyl groups is 1. The predicted octanol–water partition coefficient (Wildman–Crippen LogP) is 11.2. The number of hydrogen-bond donors (Lipinski definition) is 1. The summed E-state index contributed by atoms with van der Waals surface area (Å²) in [7, 11) is 0. The molecule has 0 aromatic rings. The minimum atomic E-state index is -0.795. The highest BCUT2D eigenvalue weighted by molar-refractivity contribution is 5.70. The first kappa shape index (κ1) is 43.1. The smallest absolute Gasteiger partial charge is 0.306 e. The number of esters is 2. The lowest BCUT2D eigenvalue weighted by atomic mass is 10.1. The summed E-state index contributed by atoms with van der Waals surface area (Å²) in [5.41, 5.74) is 0. The number of rotatable bonds is 31. The van der Waals surface area contributed by atoms with Gasteiger partial charge in [0, 0.05) is 12.8 Å². The normalized spacial score (nSPS) is 13.2. The SMILES string of the molecule is CC/C=C\C/C=C\C/C=C\C/C=C\CCCCCCCCC(=O)OC(CO)COC(=O)CCCCC/C=C\C/C=C\C/C=C\CC. The van der Waals surface area contributed by atoms with Crippen LogP contribution < -0.4 is 0 Å². The second-order valence-electron chi connectivity index (χ2n) is 11.5. The van der Waals surface area contributed by atoms with E-state index in [2.05, 4.69) is 98.9 Å². The Morgan fingerprint density at radius 3 is 1.33 bits per heavy atom. The predicted molar refractivity (Wildman–Crippen MR) is 196 cm³/mol. The molecule has 0 rings (SSSR count). The summed E-state index contributed by atoms with van der Waals surface area (Å²) in [6.45, 7) is 3.84. The Balaban J connectivity index is 3.68. The van der Waals surface area contributed by atoms with E-state index in [1.807, 2.05) is 0 Å². The van der Waals surface area contributed by atoms with Gasteiger partial charge >= 0.3 is 11.9 Å². The lowest BCUT2D eigenvalue weighted by Crippen LogP contribution is -2.28. The highest BCUT2D eigenvalue weighted by Crippen LogP contribution is 2.11. The molecule has 0 amide bonds. The minimum Gasteiger partial charge on any atom is -0.462 e. The topological polar surface area (TPSA) is 72.8 Å². The Bertz CT molecular complexity index is 906. The first-order valence-corrected chi connectivity index (χ1v) is 18.1. The second kappa shape index (κ2) is 36.5. The zero-order valence-electron chi connectivity index (χ0n) is 29.3. The Labute approximate surface area is 282 Å². The van der Waals surface area contributed by atoms with Crippen LogP contribution in [0.15, 0.2) is 85.1 Å². The molecule has 0 aliphatic rings. The fourth-order valence-electron chi connectivity index (χ4n) is 4.50. The standard InChI is InChI=1S/C41H66O5/c1-3-5-7-9-11-13-15-17-18-19-20-21-22-24-26-28-30-32-34-36-41(44)46-39(37-42)38-45-40(43)35-33-31-29-27-25-23-16-14-12-10-8-6-4-2/h5-8,11-14,17-18,20-21,23,25,39,42H,3-4,9-10,15-16,19,22,24,26-38H2,1-2H3/b7-5-,8-6-,13-11-,14-12-,18-17-,21-20-,25-23-. The Kier molecular flexibility index (Phi) is 34.2. The first-order valence-electron chi connectivity index (χ1n) is 18.1. The van der Waals surface area contributed by atoms with Crippen molar-refractivity contribution >= 4 is 11.9 Å². The number of carbonyl (C=O) groups excluding carboxylic acids is 2. The van der Waals surface area contributed by atoms with E-state index in [1.54, 1.807) is 0 Å². The summed E-state index contributed by atoms with van der Waals surface area (Å²) in [6.07, 6.45) is 49.2. The third-order valence-corrected chi connectivity index (χ3v) is 7.18. The molecule has 0 saturated carbocycles. The van der Waals surface area contributed by atoms with Crippen LogP contribution in [0.4, 0.5) is 0 Å². The molecule has 0 fully saturated rings. The molecule has 0 bridgehead atoms. The van der Waals surface area contributed by atoms with Crippen molar-refractivity contribution in [1.29, 1.82) is 0 Å². The van der Waals surface area contributed by atoms with Crippen molar-refractivity contribution in [1.82, 2.24) is 0 Å². The molecule has 46 heavy (non-hydrogen) atoms. The highest BCUT2D eigenvalue weighted by Gasteiger charge is 2.16. The average molecular weight is 639 g/mol. The summed E-state index contributed by atoms with van der Waals surface area (Å²) in [5, 5.41) is 9.53. The Morgan fingerprint density at radius 1 is 0.500 bits per heavy atom. The first-order chi connectivity index (χ1) is 22.6. The van der Waals surface area contributed by atoms with Crippen molar-refractivity contribution in [2.45, 2.75) is 148 Å². The van der Waals surface area contributed by atoms with Gasteiger partial charge in [-0.2, -0.15) is 0 Å². The van der Waals surface area contributed by atoms with Gasteiger partial charge in [-0.3, -0.25) is 9.59 Å². The van der Waals surface area contributed by atoms with Gasteiger partial charge in [0.1, 0.15) is 6.61 Å². The third kappa shape index (κ3) is 34.0. The summed E-state index contributed by atoms with van der Waals surface area (Å²) < 4.78 is 10.5. The summed E-state index contributed by atoms with van der Waals surface area (Å²) >= 11 is 0. The molecule has 0 saturated heterocycles. The van der Waals surface area contributed by atoms with Gasteiger partial charge in [-0.05, 0) is 83.5 Å². The molecular formula is C41H66O5. The van der Waals surface area contributed by atoms with Crippen LogP contribution in [0.5, 0.6) is 0 Å². The molecule has 1 atom stereocenters. The lowest BCUT2D eigenvalue weighted by Gasteiger charge is -2.15. The van der Waals surface area contributed by atoms with Gasteiger partial charge < -0.3 is 14.6 Å². The third-order valence-electron chi connectivity index (χ3n) is 7.18. The minimum absolute atomic E-state index is 0.0924. The molecule has 5 nitrogen and oxygen atoms in total. The highest BCUT2D eigenvalue weighted by atomic mass is 16.6. The number of ether oxygens (including phenoxy) is 2. The van der Waals surface area contributed by atoms with Crippen LogP contribution in [-0.4, -0.2) is 36.4 Å². The van der Waals surface area contributed by atoms with Gasteiger partial charge in [-0.15, -0.1) is 0 Å². The van der Waals surface area contributed by atoms with Gasteiger partial charge in [0.2, 0.25) is 0 Å². The molecule has 5 heteroatoms. The molecule has 0 radical (unpaired) electrons. The molecule has 260 valence electrons. The van der Waals surface area contributed by atoms with Crippen molar-refractivity contribution in [3.05, 3.63) is 85.1 Å². The van der Waals surface area contributed by atoms with Crippen LogP contribution >= 0.6 is 0 Å². The van der Waals surface area contributed by atoms with Crippen LogP contribution in [0.3, 0.4) is 0 Å². The zero-order chi connectivity index (χ0) is 33.6. The maximum absolute atomic E-state index is 12.1. The summed E-state index contributed by atoms with van der Waals surface area (Å²) in [5.74, 6) is -0.652. The quantitative estimate of drug-likeness (QED) is 0.0465. The molecule has 0 spiro atoms. The second-order valence-corrected chi connectivity index (χ2v) is 11.5. The van der Waals surface area contributed by atoms with Crippen LogP contribution in [0.2, 0.25) is 0 Å². The maximum Gasteiger partial charge on any atom is 0.306 e. The fraction of sp³-hybridized carbons (Fsp3) is 0.610. The van der Waals surface area contributed by atoms with Crippen molar-refractivity contribution in [3.63, 3.8) is 0 Å². The number of carbonyl (C=O) groups is 2.